The van der Waals surface area contributed by atoms with Crippen molar-refractivity contribution >= 4 is 72.9 Å². The maximum absolute atomic E-state index is 12.5. The summed E-state index contributed by atoms with van der Waals surface area (Å²) in [4.78, 5) is 104. The van der Waals surface area contributed by atoms with Crippen LogP contribution in [0.15, 0.2) is 227 Å². The SMILES string of the molecule is C=C1C=C(C)C(=O)N1CC(C)C.C=CCc1cc(C)c(CC(C)C)c(C)c1.CC(C)CN1C(=O)c2ccc3ccccc3c2C1=O.CC(C)CN1C(=O)c2ccccc2C1=O.CC(C)Cn1cnc2ccccc2c1=O.CC(C)Cn1ncc2ccccc2c1=O.CC(C)Cn1nnc2ccccc2c1=O.Cc1ccc(CC(C)C)c(C)c1. The normalized spacial score (nSPS) is 12.8. The van der Waals surface area contributed by atoms with Crippen LogP contribution in [0.2, 0.25) is 0 Å². The quantitative estimate of drug-likeness (QED) is 0.0580. The van der Waals surface area contributed by atoms with Crippen LogP contribution in [0, 0.1) is 75.0 Å². The third-order valence-electron chi connectivity index (χ3n) is 19.3. The van der Waals surface area contributed by atoms with Gasteiger partial charge in [0.2, 0.25) is 0 Å². The van der Waals surface area contributed by atoms with Crippen LogP contribution in [0.1, 0.15) is 198 Å². The van der Waals surface area contributed by atoms with Gasteiger partial charge in [-0.3, -0.25) is 52.7 Å². The molecule has 0 unspecified atom stereocenters. The number of aromatic nitrogens is 7. The number of hydrogen-bond donors (Lipinski definition) is 0. The zero-order valence-corrected chi connectivity index (χ0v) is 73.5. The summed E-state index contributed by atoms with van der Waals surface area (Å²) >= 11 is 0. The molecule has 0 spiro atoms. The lowest BCUT2D eigenvalue weighted by Gasteiger charge is -2.19. The van der Waals surface area contributed by atoms with Gasteiger partial charge in [-0.1, -0.05) is 249 Å². The second kappa shape index (κ2) is 44.1. The van der Waals surface area contributed by atoms with Gasteiger partial charge < -0.3 is 4.90 Å². The molecule has 14 rings (SSSR count). The summed E-state index contributed by atoms with van der Waals surface area (Å²) < 4.78 is 4.63. The number of aryl methyl sites for hydroxylation is 4. The molecular weight excluding hydrogens is 1470 g/mol. The number of imide groups is 2. The monoisotopic (exact) mass is 1590 g/mol. The first-order valence-electron chi connectivity index (χ1n) is 41.4. The maximum Gasteiger partial charge on any atom is 0.277 e. The Morgan fingerprint density at radius 3 is 1.39 bits per heavy atom. The molecule has 622 valence electrons. The minimum absolute atomic E-state index is 0.00167. The molecule has 0 aliphatic carbocycles. The van der Waals surface area contributed by atoms with E-state index in [1.807, 2.05) is 152 Å². The second-order valence-corrected chi connectivity index (χ2v) is 34.2. The predicted molar refractivity (Wildman–Crippen MR) is 483 cm³/mol. The number of para-hydroxylation sites is 1. The standard InChI is InChI=1S/C16H15NO2.C15H22.2C12H14N2O.C12H13NO2.C12H18.C11H13N3O.C10H15NO/c1-10(2)9-17-15(18)13-8-7-11-5-3-4-6-12(11)14(13)16(17)19;1-6-7-14-9-12(4)15(8-11(2)3)13(5)10-14;1-9(2)8-14-12(15)11-6-4-3-5-10(11)7-13-14;1-9(2)7-14-8-13-11-6-4-3-5-10(11)12(14)15;1-8(2)7-13-11(14)9-5-3-4-6-10(9)12(13)15;1-9(2)7-12-6-5-10(3)8-11(12)4;1-8(2)7-14-11(15)9-5-3-4-6-10(9)12-13-14;1-7(2)6-11-9(4)5-8(3)10(11)12/h3-8,10H,9H2,1-2H3;6,9-11H,1,7-8H2,2-5H3;3-7,9H,8H2,1-2H3;3-6,8-9H,7H2,1-2H3;3-6,8H,7H2,1-2H3;5-6,8-9H,7H2,1-4H3;3-6,8H,7H2,1-2H3;5,7H,4,6H2,1-3H3. The highest BCUT2D eigenvalue weighted by molar-refractivity contribution is 6.26. The summed E-state index contributed by atoms with van der Waals surface area (Å²) in [7, 11) is 0. The highest BCUT2D eigenvalue weighted by Gasteiger charge is 2.38. The first-order valence-corrected chi connectivity index (χ1v) is 41.4. The van der Waals surface area contributed by atoms with Crippen LogP contribution in [0.25, 0.3) is 43.4 Å². The van der Waals surface area contributed by atoms with Crippen molar-refractivity contribution in [3.63, 3.8) is 0 Å². The molecule has 0 atom stereocenters. The molecule has 8 aromatic carbocycles. The van der Waals surface area contributed by atoms with Crippen molar-refractivity contribution in [1.29, 1.82) is 0 Å². The molecule has 18 nitrogen and oxygen atoms in total. The molecule has 118 heavy (non-hydrogen) atoms. The van der Waals surface area contributed by atoms with Crippen molar-refractivity contribution < 1.29 is 24.0 Å². The number of allylic oxidation sites excluding steroid dienone is 2. The van der Waals surface area contributed by atoms with Crippen LogP contribution in [0.5, 0.6) is 0 Å². The van der Waals surface area contributed by atoms with Gasteiger partial charge in [-0.05, 0) is 200 Å². The average Bonchev–Trinajstić information content (AvgIpc) is 1.60. The number of nitrogens with zero attached hydrogens (tertiary/aromatic N) is 10. The first-order chi connectivity index (χ1) is 55.9. The number of carbonyl (C=O) groups excluding carboxylic acids is 5. The molecule has 11 aromatic rings. The van der Waals surface area contributed by atoms with Gasteiger partial charge in [0.1, 0.15) is 5.52 Å². The van der Waals surface area contributed by atoms with Crippen LogP contribution >= 0.6 is 0 Å². The topological polar surface area (TPSA) is 213 Å². The molecule has 3 aliphatic heterocycles. The van der Waals surface area contributed by atoms with E-state index in [2.05, 4.69) is 161 Å². The highest BCUT2D eigenvalue weighted by Crippen LogP contribution is 2.32. The lowest BCUT2D eigenvalue weighted by molar-refractivity contribution is -0.124. The molecule has 6 heterocycles. The Kier molecular flexibility index (Phi) is 34.9. The van der Waals surface area contributed by atoms with Crippen LogP contribution in [-0.4, -0.2) is 98.2 Å². The summed E-state index contributed by atoms with van der Waals surface area (Å²) in [5.41, 5.74) is 15.2. The van der Waals surface area contributed by atoms with E-state index in [9.17, 15) is 38.4 Å². The highest BCUT2D eigenvalue weighted by atomic mass is 16.2. The summed E-state index contributed by atoms with van der Waals surface area (Å²) in [6, 6.07) is 51.9. The summed E-state index contributed by atoms with van der Waals surface area (Å²) in [6.07, 6.45) is 10.5. The van der Waals surface area contributed by atoms with Gasteiger partial charge >= 0.3 is 0 Å². The minimum atomic E-state index is -0.167. The molecule has 0 saturated heterocycles. The van der Waals surface area contributed by atoms with Gasteiger partial charge in [0.15, 0.2) is 0 Å². The molecule has 0 N–H and O–H groups in total. The van der Waals surface area contributed by atoms with Crippen molar-refractivity contribution in [3.05, 3.63) is 305 Å². The average molecular weight is 1590 g/mol. The Morgan fingerprint density at radius 1 is 0.398 bits per heavy atom. The Morgan fingerprint density at radius 2 is 0.864 bits per heavy atom. The largest absolute Gasteiger partial charge is 0.309 e. The zero-order valence-electron chi connectivity index (χ0n) is 73.5. The number of rotatable bonds is 18. The number of carbonyl (C=O) groups is 5. The number of benzene rings is 8. The van der Waals surface area contributed by atoms with Gasteiger partial charge in [0.25, 0.3) is 46.2 Å². The Balaban J connectivity index is 0.000000187. The van der Waals surface area contributed by atoms with E-state index < -0.39 is 0 Å². The first kappa shape index (κ1) is 93.5. The van der Waals surface area contributed by atoms with E-state index in [0.29, 0.717) is 94.3 Å². The van der Waals surface area contributed by atoms with Crippen molar-refractivity contribution in [3.8, 4) is 0 Å². The van der Waals surface area contributed by atoms with E-state index in [1.54, 1.807) is 64.5 Å². The lowest BCUT2D eigenvalue weighted by atomic mass is 9.92. The molecule has 18 heteroatoms. The van der Waals surface area contributed by atoms with Crippen LogP contribution < -0.4 is 16.7 Å². The molecule has 5 amide bonds. The van der Waals surface area contributed by atoms with Crippen molar-refractivity contribution in [2.24, 2.45) is 47.3 Å². The molecular formula is C100H124N10O8. The molecule has 0 radical (unpaired) electrons. The summed E-state index contributed by atoms with van der Waals surface area (Å²) in [5, 5.41) is 16.9. The zero-order chi connectivity index (χ0) is 86.9. The smallest absolute Gasteiger partial charge is 0.277 e. The molecule has 0 saturated carbocycles. The fraction of sp³-hybridized carbons (Fsp3) is 0.380. The van der Waals surface area contributed by atoms with Crippen LogP contribution in [0.4, 0.5) is 0 Å². The number of amides is 5. The van der Waals surface area contributed by atoms with Gasteiger partial charge in [0.05, 0.1) is 56.5 Å². The number of fused-ring (bicyclic) bond motifs is 7. The van der Waals surface area contributed by atoms with Gasteiger partial charge in [-0.2, -0.15) is 5.10 Å². The molecule has 3 aliphatic rings. The molecule has 0 fully saturated rings. The Labute approximate surface area is 698 Å². The summed E-state index contributed by atoms with van der Waals surface area (Å²) in [6.45, 7) is 55.6. The van der Waals surface area contributed by atoms with E-state index in [1.165, 1.54) is 70.9 Å². The Bertz CT molecular complexity index is 5290. The summed E-state index contributed by atoms with van der Waals surface area (Å²) in [5.74, 6) is 3.26. The number of hydrogen-bond acceptors (Lipinski definition) is 12. The van der Waals surface area contributed by atoms with Crippen molar-refractivity contribution in [2.45, 2.75) is 184 Å². The predicted octanol–water partition coefficient (Wildman–Crippen LogP) is 20.3. The van der Waals surface area contributed by atoms with Gasteiger partial charge in [-0.25, -0.2) is 14.3 Å². The third kappa shape index (κ3) is 25.9. The second-order valence-electron chi connectivity index (χ2n) is 34.2. The van der Waals surface area contributed by atoms with E-state index in [4.69, 9.17) is 0 Å². The fourth-order valence-electron chi connectivity index (χ4n) is 14.0. The van der Waals surface area contributed by atoms with E-state index in [-0.39, 0.29) is 52.1 Å². The van der Waals surface area contributed by atoms with Gasteiger partial charge in [0, 0.05) is 55.9 Å². The lowest BCUT2D eigenvalue weighted by Crippen LogP contribution is -2.33. The molecule has 0 bridgehead atoms. The molecule has 3 aromatic heterocycles. The van der Waals surface area contributed by atoms with Crippen LogP contribution in [-0.2, 0) is 43.7 Å². The maximum atomic E-state index is 12.5. The van der Waals surface area contributed by atoms with E-state index in [0.717, 1.165) is 69.7 Å². The Hall–Kier alpha value is -11.7. The van der Waals surface area contributed by atoms with Crippen molar-refractivity contribution in [2.75, 3.05) is 19.6 Å². The van der Waals surface area contributed by atoms with Crippen LogP contribution in [0.3, 0.4) is 0 Å². The minimum Gasteiger partial charge on any atom is -0.309 e. The van der Waals surface area contributed by atoms with Crippen molar-refractivity contribution in [1.82, 2.24) is 49.0 Å². The van der Waals surface area contributed by atoms with Gasteiger partial charge in [-0.15, -0.1) is 11.7 Å². The fourth-order valence-corrected chi connectivity index (χ4v) is 14.0. The van der Waals surface area contributed by atoms with E-state index >= 15 is 0 Å². The third-order valence-corrected chi connectivity index (χ3v) is 19.3.